The average molecular weight is 471 g/mol. The predicted molar refractivity (Wildman–Crippen MR) is 124 cm³/mol. The van der Waals surface area contributed by atoms with E-state index in [2.05, 4.69) is 15.4 Å². The summed E-state index contributed by atoms with van der Waals surface area (Å²) >= 11 is 0. The topological polar surface area (TPSA) is 140 Å². The van der Waals surface area contributed by atoms with Crippen LogP contribution in [0.3, 0.4) is 0 Å². The summed E-state index contributed by atoms with van der Waals surface area (Å²) in [5, 5.41) is 16.6. The fraction of sp³-hybridized carbons (Fsp3) is 0.136. The summed E-state index contributed by atoms with van der Waals surface area (Å²) in [5.74, 6) is 0.205. The van der Waals surface area contributed by atoms with Gasteiger partial charge in [-0.2, -0.15) is 0 Å². The minimum Gasteiger partial charge on any atom is -0.497 e. The number of hydrogen-bond acceptors (Lipinski definition) is 7. The lowest BCUT2D eigenvalue weighted by molar-refractivity contribution is -0.384. The van der Waals surface area contributed by atoms with E-state index in [9.17, 15) is 23.3 Å². The van der Waals surface area contributed by atoms with Crippen molar-refractivity contribution in [3.63, 3.8) is 0 Å². The molecule has 0 radical (unpaired) electrons. The fourth-order valence-corrected chi connectivity index (χ4v) is 3.97. The Morgan fingerprint density at radius 1 is 0.970 bits per heavy atom. The molecular formula is C22H22N4O6S. The van der Waals surface area contributed by atoms with Gasteiger partial charge in [0.2, 0.25) is 0 Å². The van der Waals surface area contributed by atoms with Crippen LogP contribution in [0.1, 0.15) is 10.4 Å². The van der Waals surface area contributed by atoms with Crippen molar-refractivity contribution in [2.75, 3.05) is 30.2 Å². The van der Waals surface area contributed by atoms with Gasteiger partial charge >= 0.3 is 0 Å². The van der Waals surface area contributed by atoms with Crippen LogP contribution in [0.5, 0.6) is 5.75 Å². The summed E-state index contributed by atoms with van der Waals surface area (Å²) in [7, 11) is -2.31. The number of amides is 1. The van der Waals surface area contributed by atoms with E-state index in [0.29, 0.717) is 17.1 Å². The summed E-state index contributed by atoms with van der Waals surface area (Å²) in [6.45, 7) is 0.485. The molecule has 0 aromatic heterocycles. The molecule has 11 heteroatoms. The Kier molecular flexibility index (Phi) is 7.46. The Labute approximate surface area is 190 Å². The highest BCUT2D eigenvalue weighted by Gasteiger charge is 2.16. The van der Waals surface area contributed by atoms with Crippen molar-refractivity contribution in [3.8, 4) is 5.75 Å². The van der Waals surface area contributed by atoms with Crippen LogP contribution < -0.4 is 20.1 Å². The second-order valence-corrected chi connectivity index (χ2v) is 8.50. The molecule has 0 aliphatic heterocycles. The first-order valence-electron chi connectivity index (χ1n) is 9.82. The number of sulfonamides is 1. The van der Waals surface area contributed by atoms with Crippen molar-refractivity contribution in [1.82, 2.24) is 5.32 Å². The van der Waals surface area contributed by atoms with Gasteiger partial charge in [0.05, 0.1) is 16.9 Å². The van der Waals surface area contributed by atoms with E-state index >= 15 is 0 Å². The Morgan fingerprint density at radius 3 is 2.27 bits per heavy atom. The first-order chi connectivity index (χ1) is 15.8. The number of nitro groups is 1. The zero-order chi connectivity index (χ0) is 23.8. The van der Waals surface area contributed by atoms with E-state index in [4.69, 9.17) is 4.74 Å². The van der Waals surface area contributed by atoms with E-state index in [0.717, 1.165) is 0 Å². The zero-order valence-corrected chi connectivity index (χ0v) is 18.5. The predicted octanol–water partition coefficient (Wildman–Crippen LogP) is 3.25. The van der Waals surface area contributed by atoms with Crippen molar-refractivity contribution >= 4 is 33.0 Å². The number of anilines is 2. The number of para-hydroxylation sites is 2. The number of carbonyl (C=O) groups excluding carboxylic acids is 1. The molecule has 10 nitrogen and oxygen atoms in total. The number of nitro benzene ring substituents is 1. The molecule has 0 spiro atoms. The van der Waals surface area contributed by atoms with Gasteiger partial charge in [-0.3, -0.25) is 19.6 Å². The number of hydrogen-bond donors (Lipinski definition) is 3. The van der Waals surface area contributed by atoms with E-state index in [1.54, 1.807) is 42.5 Å². The third-order valence-corrected chi connectivity index (χ3v) is 5.99. The van der Waals surface area contributed by atoms with Crippen molar-refractivity contribution in [3.05, 3.63) is 88.5 Å². The summed E-state index contributed by atoms with van der Waals surface area (Å²) < 4.78 is 32.6. The number of benzene rings is 3. The van der Waals surface area contributed by atoms with E-state index < -0.39 is 20.9 Å². The number of ether oxygens (including phenoxy) is 1. The molecule has 3 rings (SSSR count). The number of carbonyl (C=O) groups is 1. The van der Waals surface area contributed by atoms with Gasteiger partial charge in [-0.1, -0.05) is 12.1 Å². The number of rotatable bonds is 10. The maximum Gasteiger partial charge on any atom is 0.292 e. The molecule has 3 N–H and O–H groups in total. The maximum absolute atomic E-state index is 12.6. The standard InChI is InChI=1S/C22H22N4O6S/c1-32-18-10-8-17(9-11-18)25-33(30,31)19-12-6-16(7-13-19)22(27)24-15-14-23-20-4-2-3-5-21(20)26(28)29/h2-13,23,25H,14-15H2,1H3,(H,24,27). The van der Waals surface area contributed by atoms with Crippen molar-refractivity contribution in [1.29, 1.82) is 0 Å². The summed E-state index contributed by atoms with van der Waals surface area (Å²) in [6.07, 6.45) is 0. The largest absolute Gasteiger partial charge is 0.497 e. The molecule has 1 amide bonds. The maximum atomic E-state index is 12.6. The molecule has 0 aliphatic carbocycles. The highest BCUT2D eigenvalue weighted by atomic mass is 32.2. The lowest BCUT2D eigenvalue weighted by Gasteiger charge is -2.10. The molecule has 0 fully saturated rings. The Hall–Kier alpha value is -4.12. The molecule has 0 unspecified atom stereocenters. The van der Waals surface area contributed by atoms with Crippen LogP contribution in [0.25, 0.3) is 0 Å². The van der Waals surface area contributed by atoms with E-state index in [1.807, 2.05) is 0 Å². The minimum absolute atomic E-state index is 0.00734. The van der Waals surface area contributed by atoms with E-state index in [-0.39, 0.29) is 29.2 Å². The summed E-state index contributed by atoms with van der Waals surface area (Å²) in [4.78, 5) is 22.9. The minimum atomic E-state index is -3.83. The second kappa shape index (κ2) is 10.5. The van der Waals surface area contributed by atoms with Gasteiger partial charge in [0, 0.05) is 30.4 Å². The Morgan fingerprint density at radius 2 is 1.64 bits per heavy atom. The molecule has 172 valence electrons. The molecule has 0 saturated carbocycles. The van der Waals surface area contributed by atoms with Crippen LogP contribution in [0.15, 0.2) is 77.7 Å². The summed E-state index contributed by atoms with van der Waals surface area (Å²) in [6, 6.07) is 18.1. The molecular weight excluding hydrogens is 448 g/mol. The molecule has 3 aromatic carbocycles. The second-order valence-electron chi connectivity index (χ2n) is 6.82. The lowest BCUT2D eigenvalue weighted by Crippen LogP contribution is -2.28. The number of nitrogens with zero attached hydrogens (tertiary/aromatic N) is 1. The van der Waals surface area contributed by atoms with Gasteiger partial charge < -0.3 is 15.4 Å². The molecule has 0 bridgehead atoms. The molecule has 0 atom stereocenters. The third-order valence-electron chi connectivity index (χ3n) is 4.60. The van der Waals surface area contributed by atoms with Crippen molar-refractivity contribution < 1.29 is 22.9 Å². The normalized spacial score (nSPS) is 10.8. The number of methoxy groups -OCH3 is 1. The SMILES string of the molecule is COc1ccc(NS(=O)(=O)c2ccc(C(=O)NCCNc3ccccc3[N+](=O)[O-])cc2)cc1. The van der Waals surface area contributed by atoms with Crippen LogP contribution in [-0.4, -0.2) is 39.4 Å². The third kappa shape index (κ3) is 6.20. The van der Waals surface area contributed by atoms with Gasteiger partial charge in [-0.05, 0) is 54.6 Å². The van der Waals surface area contributed by atoms with Gasteiger partial charge in [0.15, 0.2) is 0 Å². The van der Waals surface area contributed by atoms with Crippen LogP contribution in [-0.2, 0) is 10.0 Å². The van der Waals surface area contributed by atoms with Crippen LogP contribution >= 0.6 is 0 Å². The van der Waals surface area contributed by atoms with Gasteiger partial charge in [0.25, 0.3) is 21.6 Å². The Balaban J connectivity index is 1.54. The first-order valence-corrected chi connectivity index (χ1v) is 11.3. The van der Waals surface area contributed by atoms with Crippen molar-refractivity contribution in [2.45, 2.75) is 4.90 Å². The molecule has 0 heterocycles. The van der Waals surface area contributed by atoms with Gasteiger partial charge in [-0.15, -0.1) is 0 Å². The van der Waals surface area contributed by atoms with Crippen LogP contribution in [0, 0.1) is 10.1 Å². The zero-order valence-electron chi connectivity index (χ0n) is 17.6. The van der Waals surface area contributed by atoms with E-state index in [1.165, 1.54) is 37.4 Å². The highest BCUT2D eigenvalue weighted by Crippen LogP contribution is 2.23. The average Bonchev–Trinajstić information content (AvgIpc) is 2.82. The summed E-state index contributed by atoms with van der Waals surface area (Å²) in [5.41, 5.74) is 0.965. The van der Waals surface area contributed by atoms with Crippen molar-refractivity contribution in [2.24, 2.45) is 0 Å². The molecule has 0 saturated heterocycles. The van der Waals surface area contributed by atoms with Gasteiger partial charge in [-0.25, -0.2) is 8.42 Å². The lowest BCUT2D eigenvalue weighted by atomic mass is 10.2. The number of nitrogens with one attached hydrogen (secondary N) is 3. The first kappa shape index (κ1) is 23.5. The molecule has 3 aromatic rings. The smallest absolute Gasteiger partial charge is 0.292 e. The monoisotopic (exact) mass is 470 g/mol. The van der Waals surface area contributed by atoms with Crippen LogP contribution in [0.2, 0.25) is 0 Å². The van der Waals surface area contributed by atoms with Crippen LogP contribution in [0.4, 0.5) is 17.1 Å². The highest BCUT2D eigenvalue weighted by molar-refractivity contribution is 7.92. The quantitative estimate of drug-likeness (QED) is 0.235. The molecule has 0 aliphatic rings. The molecule has 33 heavy (non-hydrogen) atoms. The van der Waals surface area contributed by atoms with Gasteiger partial charge in [0.1, 0.15) is 11.4 Å². The Bertz CT molecular complexity index is 1230. The fourth-order valence-electron chi connectivity index (χ4n) is 2.92.